The molecule has 6 heteroatoms. The number of rotatable bonds is 5. The number of esters is 1. The first-order valence-corrected chi connectivity index (χ1v) is 7.62. The Hall–Kier alpha value is -2.76. The molecule has 0 aliphatic heterocycles. The zero-order valence-electron chi connectivity index (χ0n) is 13.9. The zero-order valence-corrected chi connectivity index (χ0v) is 13.9. The number of H-pyrrole nitrogens is 1. The summed E-state index contributed by atoms with van der Waals surface area (Å²) >= 11 is 0. The van der Waals surface area contributed by atoms with E-state index in [1.54, 1.807) is 12.1 Å². The Labute approximate surface area is 140 Å². The van der Waals surface area contributed by atoms with Crippen molar-refractivity contribution in [3.05, 3.63) is 41.5 Å². The number of carbonyl (C=O) groups is 2. The first-order valence-electron chi connectivity index (χ1n) is 7.62. The highest BCUT2D eigenvalue weighted by Crippen LogP contribution is 2.29. The third-order valence-electron chi connectivity index (χ3n) is 3.60. The van der Waals surface area contributed by atoms with Crippen molar-refractivity contribution < 1.29 is 24.5 Å². The zero-order chi connectivity index (χ0) is 17.9. The molecule has 0 amide bonds. The van der Waals surface area contributed by atoms with E-state index >= 15 is 0 Å². The molecule has 0 aliphatic rings. The van der Waals surface area contributed by atoms with Gasteiger partial charge in [-0.2, -0.15) is 0 Å². The molecular formula is C18H21NO5. The van der Waals surface area contributed by atoms with Crippen molar-refractivity contribution in [2.75, 3.05) is 0 Å². The Morgan fingerprint density at radius 2 is 1.71 bits per heavy atom. The number of nitrogens with one attached hydrogen (secondary N) is 1. The number of aromatic nitrogens is 1. The van der Waals surface area contributed by atoms with E-state index in [1.807, 2.05) is 12.1 Å². The number of Topliss-reactive ketones (excluding diaryl/α,β-unsaturated/α-hetero) is 1. The third-order valence-corrected chi connectivity index (χ3v) is 3.60. The lowest BCUT2D eigenvalue weighted by atomic mass is 9.86. The summed E-state index contributed by atoms with van der Waals surface area (Å²) < 4.78 is 4.88. The van der Waals surface area contributed by atoms with Crippen LogP contribution in [0.3, 0.4) is 0 Å². The standard InChI is InChI=1S/C18H21NO5/c1-18(2,3)12-6-4-11(5-7-12)13(20)8-9-16(22)24-14-10-15(21)19-17(14)23/h4-7,10,19,21,23H,8-9H2,1-3H3. The van der Waals surface area contributed by atoms with Gasteiger partial charge in [0.05, 0.1) is 6.42 Å². The van der Waals surface area contributed by atoms with Gasteiger partial charge < -0.3 is 14.9 Å². The van der Waals surface area contributed by atoms with Crippen molar-refractivity contribution in [3.63, 3.8) is 0 Å². The predicted octanol–water partition coefficient (Wildman–Crippen LogP) is 3.29. The molecule has 0 saturated heterocycles. The maximum atomic E-state index is 12.1. The van der Waals surface area contributed by atoms with E-state index in [9.17, 15) is 14.7 Å². The smallest absolute Gasteiger partial charge is 0.311 e. The lowest BCUT2D eigenvalue weighted by Gasteiger charge is -2.18. The highest BCUT2D eigenvalue weighted by Gasteiger charge is 2.16. The summed E-state index contributed by atoms with van der Waals surface area (Å²) in [6.45, 7) is 6.27. The van der Waals surface area contributed by atoms with E-state index in [2.05, 4.69) is 25.8 Å². The SMILES string of the molecule is CC(C)(C)c1ccc(C(=O)CCC(=O)Oc2cc(O)[nH]c2O)cc1. The van der Waals surface area contributed by atoms with Crippen LogP contribution in [-0.4, -0.2) is 26.9 Å². The van der Waals surface area contributed by atoms with Crippen LogP contribution in [-0.2, 0) is 10.2 Å². The topological polar surface area (TPSA) is 99.6 Å². The van der Waals surface area contributed by atoms with Crippen LogP contribution in [0.15, 0.2) is 30.3 Å². The fraction of sp³-hybridized carbons (Fsp3) is 0.333. The highest BCUT2D eigenvalue weighted by molar-refractivity contribution is 5.97. The van der Waals surface area contributed by atoms with Crippen molar-refractivity contribution >= 4 is 11.8 Å². The van der Waals surface area contributed by atoms with E-state index in [0.717, 1.165) is 11.6 Å². The second-order valence-electron chi connectivity index (χ2n) is 6.59. The van der Waals surface area contributed by atoms with Gasteiger partial charge in [0.15, 0.2) is 17.4 Å². The highest BCUT2D eigenvalue weighted by atomic mass is 16.5. The Balaban J connectivity index is 1.90. The van der Waals surface area contributed by atoms with Gasteiger partial charge in [0, 0.05) is 18.1 Å². The van der Waals surface area contributed by atoms with Crippen molar-refractivity contribution in [1.82, 2.24) is 4.98 Å². The number of benzene rings is 1. The van der Waals surface area contributed by atoms with E-state index in [4.69, 9.17) is 9.84 Å². The summed E-state index contributed by atoms with van der Waals surface area (Å²) in [5, 5.41) is 18.5. The van der Waals surface area contributed by atoms with E-state index < -0.39 is 11.8 Å². The van der Waals surface area contributed by atoms with E-state index in [0.29, 0.717) is 5.56 Å². The molecule has 0 bridgehead atoms. The molecule has 3 N–H and O–H groups in total. The normalized spacial score (nSPS) is 11.3. The fourth-order valence-electron chi connectivity index (χ4n) is 2.18. The summed E-state index contributed by atoms with van der Waals surface area (Å²) in [7, 11) is 0. The average molecular weight is 331 g/mol. The van der Waals surface area contributed by atoms with Crippen LogP contribution in [0.4, 0.5) is 0 Å². The summed E-state index contributed by atoms with van der Waals surface area (Å²) in [6.07, 6.45) is -0.115. The fourth-order valence-corrected chi connectivity index (χ4v) is 2.18. The Bertz CT molecular complexity index is 738. The molecule has 1 heterocycles. The summed E-state index contributed by atoms with van der Waals surface area (Å²) in [6, 6.07) is 8.41. The largest absolute Gasteiger partial charge is 0.494 e. The van der Waals surface area contributed by atoms with Crippen LogP contribution in [0.25, 0.3) is 0 Å². The number of aromatic hydroxyl groups is 2. The lowest BCUT2D eigenvalue weighted by Crippen LogP contribution is -2.12. The molecule has 0 aliphatic carbocycles. The molecule has 6 nitrogen and oxygen atoms in total. The van der Waals surface area contributed by atoms with Gasteiger partial charge in [0.2, 0.25) is 5.88 Å². The van der Waals surface area contributed by atoms with E-state index in [-0.39, 0.29) is 35.7 Å². The van der Waals surface area contributed by atoms with Gasteiger partial charge in [0.1, 0.15) is 0 Å². The van der Waals surface area contributed by atoms with Gasteiger partial charge >= 0.3 is 5.97 Å². The molecule has 0 atom stereocenters. The number of aromatic amines is 1. The molecule has 1 aromatic carbocycles. The second-order valence-corrected chi connectivity index (χ2v) is 6.59. The minimum Gasteiger partial charge on any atom is -0.494 e. The summed E-state index contributed by atoms with van der Waals surface area (Å²) in [4.78, 5) is 26.0. The van der Waals surface area contributed by atoms with Gasteiger partial charge in [0.25, 0.3) is 0 Å². The van der Waals surface area contributed by atoms with E-state index in [1.165, 1.54) is 0 Å². The van der Waals surface area contributed by atoms with Crippen molar-refractivity contribution in [2.45, 2.75) is 39.0 Å². The molecule has 2 rings (SSSR count). The molecule has 2 aromatic rings. The van der Waals surface area contributed by atoms with Crippen molar-refractivity contribution in [1.29, 1.82) is 0 Å². The maximum Gasteiger partial charge on any atom is 0.311 e. The minimum atomic E-state index is -0.663. The van der Waals surface area contributed by atoms with Crippen LogP contribution in [0, 0.1) is 0 Å². The van der Waals surface area contributed by atoms with Crippen LogP contribution in [0.2, 0.25) is 0 Å². The summed E-state index contributed by atoms with van der Waals surface area (Å²) in [5.74, 6) is -1.74. The van der Waals surface area contributed by atoms with Gasteiger partial charge in [-0.25, -0.2) is 0 Å². The molecule has 1 aromatic heterocycles. The number of ketones is 1. The Morgan fingerprint density at radius 1 is 1.08 bits per heavy atom. The van der Waals surface area contributed by atoms with Gasteiger partial charge in [-0.3, -0.25) is 14.6 Å². The first-order chi connectivity index (χ1) is 11.2. The minimum absolute atomic E-state index is 0.00483. The molecule has 0 spiro atoms. The predicted molar refractivity (Wildman–Crippen MR) is 88.5 cm³/mol. The maximum absolute atomic E-state index is 12.1. The van der Waals surface area contributed by atoms with Crippen LogP contribution in [0.5, 0.6) is 17.5 Å². The number of hydrogen-bond acceptors (Lipinski definition) is 5. The van der Waals surface area contributed by atoms with Crippen LogP contribution < -0.4 is 4.74 Å². The number of hydrogen-bond donors (Lipinski definition) is 3. The average Bonchev–Trinajstić information content (AvgIpc) is 2.81. The Kier molecular flexibility index (Phi) is 4.97. The number of ether oxygens (including phenoxy) is 1. The van der Waals surface area contributed by atoms with Crippen LogP contribution in [0.1, 0.15) is 49.5 Å². The molecule has 0 fully saturated rings. The van der Waals surface area contributed by atoms with Gasteiger partial charge in [-0.05, 0) is 11.0 Å². The molecule has 0 radical (unpaired) electrons. The van der Waals surface area contributed by atoms with Gasteiger partial charge in [-0.1, -0.05) is 45.0 Å². The van der Waals surface area contributed by atoms with Crippen molar-refractivity contribution in [3.8, 4) is 17.5 Å². The molecule has 24 heavy (non-hydrogen) atoms. The monoisotopic (exact) mass is 331 g/mol. The quantitative estimate of drug-likeness (QED) is 0.576. The second kappa shape index (κ2) is 6.78. The molecule has 0 saturated carbocycles. The third kappa shape index (κ3) is 4.38. The first kappa shape index (κ1) is 17.6. The molecular weight excluding hydrogens is 310 g/mol. The molecule has 128 valence electrons. The lowest BCUT2D eigenvalue weighted by molar-refractivity contribution is -0.134. The summed E-state index contributed by atoms with van der Waals surface area (Å²) in [5.41, 5.74) is 1.68. The Morgan fingerprint density at radius 3 is 2.21 bits per heavy atom. The van der Waals surface area contributed by atoms with Crippen molar-refractivity contribution in [2.24, 2.45) is 0 Å². The number of carbonyl (C=O) groups excluding carboxylic acids is 2. The molecule has 0 unspecified atom stereocenters. The van der Waals surface area contributed by atoms with Crippen LogP contribution >= 0.6 is 0 Å². The van der Waals surface area contributed by atoms with Gasteiger partial charge in [-0.15, -0.1) is 0 Å².